The van der Waals surface area contributed by atoms with Gasteiger partial charge in [0.25, 0.3) is 0 Å². The van der Waals surface area contributed by atoms with Gasteiger partial charge in [0, 0.05) is 17.4 Å². The highest BCUT2D eigenvalue weighted by Crippen LogP contribution is 2.34. The Morgan fingerprint density at radius 3 is 2.79 bits per heavy atom. The van der Waals surface area contributed by atoms with Crippen LogP contribution in [0, 0.1) is 11.3 Å². The van der Waals surface area contributed by atoms with Crippen molar-refractivity contribution in [1.29, 1.82) is 0 Å². The number of fused-ring (bicyclic) bond motifs is 3. The molecule has 1 aliphatic rings. The van der Waals surface area contributed by atoms with Crippen molar-refractivity contribution in [3.63, 3.8) is 0 Å². The third-order valence-corrected chi connectivity index (χ3v) is 3.70. The molecule has 19 heavy (non-hydrogen) atoms. The highest BCUT2D eigenvalue weighted by Gasteiger charge is 2.19. The monoisotopic (exact) mass is 254 g/mol. The SMILES string of the molecule is CC1C=Cc2c(oc3ccc(CC(C)(C)C)cc23)C1. The maximum absolute atomic E-state index is 5.99. The normalized spacial score (nSPS) is 18.8. The lowest BCUT2D eigenvalue weighted by atomic mass is 9.87. The van der Waals surface area contributed by atoms with Gasteiger partial charge in [0.2, 0.25) is 0 Å². The fourth-order valence-corrected chi connectivity index (χ4v) is 2.89. The van der Waals surface area contributed by atoms with E-state index in [0.29, 0.717) is 11.3 Å². The summed E-state index contributed by atoms with van der Waals surface area (Å²) in [5.74, 6) is 1.74. The van der Waals surface area contributed by atoms with Crippen LogP contribution in [0.3, 0.4) is 0 Å². The van der Waals surface area contributed by atoms with Crippen LogP contribution in [-0.4, -0.2) is 0 Å². The lowest BCUT2D eigenvalue weighted by molar-refractivity contribution is 0.411. The van der Waals surface area contributed by atoms with Crippen molar-refractivity contribution in [3.8, 4) is 0 Å². The average molecular weight is 254 g/mol. The van der Waals surface area contributed by atoms with E-state index >= 15 is 0 Å². The number of benzene rings is 1. The van der Waals surface area contributed by atoms with Gasteiger partial charge in [-0.25, -0.2) is 0 Å². The zero-order chi connectivity index (χ0) is 13.6. The standard InChI is InChI=1S/C18H22O/c1-12-5-7-14-15-10-13(11-18(2,3)4)6-8-16(15)19-17(14)9-12/h5-8,10,12H,9,11H2,1-4H3. The molecule has 1 aliphatic carbocycles. The van der Waals surface area contributed by atoms with Gasteiger partial charge >= 0.3 is 0 Å². The number of rotatable bonds is 1. The van der Waals surface area contributed by atoms with E-state index < -0.39 is 0 Å². The lowest BCUT2D eigenvalue weighted by Gasteiger charge is -2.18. The van der Waals surface area contributed by atoms with Crippen LogP contribution in [0.5, 0.6) is 0 Å². The van der Waals surface area contributed by atoms with Gasteiger partial charge in [0.15, 0.2) is 0 Å². The van der Waals surface area contributed by atoms with Crippen LogP contribution in [0.1, 0.15) is 44.6 Å². The summed E-state index contributed by atoms with van der Waals surface area (Å²) in [5, 5.41) is 1.28. The molecular formula is C18H22O. The van der Waals surface area contributed by atoms with Crippen molar-refractivity contribution in [1.82, 2.24) is 0 Å². The first-order valence-corrected chi connectivity index (χ1v) is 7.15. The van der Waals surface area contributed by atoms with Gasteiger partial charge in [-0.1, -0.05) is 45.9 Å². The molecule has 1 unspecified atom stereocenters. The number of allylic oxidation sites excluding steroid dienone is 1. The van der Waals surface area contributed by atoms with Gasteiger partial charge in [-0.15, -0.1) is 0 Å². The molecular weight excluding hydrogens is 232 g/mol. The third-order valence-electron chi connectivity index (χ3n) is 3.70. The summed E-state index contributed by atoms with van der Waals surface area (Å²) in [6, 6.07) is 6.64. The molecule has 1 aromatic heterocycles. The second-order valence-electron chi connectivity index (χ2n) is 7.05. The van der Waals surface area contributed by atoms with Crippen LogP contribution >= 0.6 is 0 Å². The highest BCUT2D eigenvalue weighted by atomic mass is 16.3. The molecule has 0 saturated heterocycles. The lowest BCUT2D eigenvalue weighted by Crippen LogP contribution is -2.08. The Hall–Kier alpha value is -1.50. The summed E-state index contributed by atoms with van der Waals surface area (Å²) >= 11 is 0. The summed E-state index contributed by atoms with van der Waals surface area (Å²) in [7, 11) is 0. The van der Waals surface area contributed by atoms with E-state index in [1.807, 2.05) is 0 Å². The van der Waals surface area contributed by atoms with Crippen molar-refractivity contribution < 1.29 is 4.42 Å². The summed E-state index contributed by atoms with van der Waals surface area (Å²) < 4.78 is 5.99. The number of furan rings is 1. The molecule has 1 aromatic carbocycles. The molecule has 0 saturated carbocycles. The number of hydrogen-bond acceptors (Lipinski definition) is 1. The largest absolute Gasteiger partial charge is 0.460 e. The predicted molar refractivity (Wildman–Crippen MR) is 81.3 cm³/mol. The van der Waals surface area contributed by atoms with Crippen molar-refractivity contribution in [3.05, 3.63) is 41.2 Å². The smallest absolute Gasteiger partial charge is 0.134 e. The van der Waals surface area contributed by atoms with Crippen LogP contribution in [0.25, 0.3) is 17.0 Å². The molecule has 3 rings (SSSR count). The molecule has 1 heterocycles. The molecule has 2 aromatic rings. The topological polar surface area (TPSA) is 13.1 Å². The molecule has 1 nitrogen and oxygen atoms in total. The average Bonchev–Trinajstić information content (AvgIpc) is 2.63. The first kappa shape index (κ1) is 12.5. The summed E-state index contributed by atoms with van der Waals surface area (Å²) in [6.45, 7) is 9.08. The quantitative estimate of drug-likeness (QED) is 0.679. The predicted octanol–water partition coefficient (Wildman–Crippen LogP) is 5.23. The molecule has 0 bridgehead atoms. The van der Waals surface area contributed by atoms with Gasteiger partial charge in [0.05, 0.1) is 0 Å². The van der Waals surface area contributed by atoms with E-state index in [1.165, 1.54) is 16.5 Å². The highest BCUT2D eigenvalue weighted by molar-refractivity contribution is 5.89. The van der Waals surface area contributed by atoms with Crippen LogP contribution in [0.4, 0.5) is 0 Å². The van der Waals surface area contributed by atoms with Crippen molar-refractivity contribution >= 4 is 17.0 Å². The maximum Gasteiger partial charge on any atom is 0.134 e. The van der Waals surface area contributed by atoms with Gasteiger partial charge < -0.3 is 4.42 Å². The molecule has 0 N–H and O–H groups in total. The Morgan fingerprint density at radius 1 is 1.26 bits per heavy atom. The van der Waals surface area contributed by atoms with E-state index in [4.69, 9.17) is 4.42 Å². The van der Waals surface area contributed by atoms with E-state index in [2.05, 4.69) is 58.0 Å². The Balaban J connectivity index is 2.07. The van der Waals surface area contributed by atoms with Crippen LogP contribution in [0.15, 0.2) is 28.7 Å². The van der Waals surface area contributed by atoms with Crippen LogP contribution in [0.2, 0.25) is 0 Å². The first-order valence-electron chi connectivity index (χ1n) is 7.15. The van der Waals surface area contributed by atoms with E-state index in [-0.39, 0.29) is 0 Å². The van der Waals surface area contributed by atoms with E-state index in [9.17, 15) is 0 Å². The Labute approximate surface area is 115 Å². The minimum Gasteiger partial charge on any atom is -0.460 e. The van der Waals surface area contributed by atoms with Crippen molar-refractivity contribution in [2.45, 2.75) is 40.5 Å². The fourth-order valence-electron chi connectivity index (χ4n) is 2.89. The molecule has 0 spiro atoms. The molecule has 0 fully saturated rings. The Kier molecular flexibility index (Phi) is 2.81. The molecule has 0 radical (unpaired) electrons. The zero-order valence-electron chi connectivity index (χ0n) is 12.3. The summed E-state index contributed by atoms with van der Waals surface area (Å²) in [6.07, 6.45) is 6.64. The van der Waals surface area contributed by atoms with Gasteiger partial charge in [-0.05, 0) is 35.4 Å². The minimum atomic E-state index is 0.321. The maximum atomic E-state index is 5.99. The molecule has 100 valence electrons. The van der Waals surface area contributed by atoms with Crippen LogP contribution < -0.4 is 0 Å². The molecule has 0 amide bonds. The van der Waals surface area contributed by atoms with Gasteiger partial charge in [-0.3, -0.25) is 0 Å². The minimum absolute atomic E-state index is 0.321. The molecule has 1 heteroatoms. The molecule has 0 aliphatic heterocycles. The fraction of sp³-hybridized carbons (Fsp3) is 0.444. The summed E-state index contributed by atoms with van der Waals surface area (Å²) in [4.78, 5) is 0. The van der Waals surface area contributed by atoms with Crippen molar-refractivity contribution in [2.24, 2.45) is 11.3 Å². The van der Waals surface area contributed by atoms with Gasteiger partial charge in [0.1, 0.15) is 11.3 Å². The second kappa shape index (κ2) is 4.26. The summed E-state index contributed by atoms with van der Waals surface area (Å²) in [5.41, 5.74) is 4.04. The Bertz CT molecular complexity index is 637. The second-order valence-corrected chi connectivity index (χ2v) is 7.05. The Morgan fingerprint density at radius 2 is 2.05 bits per heavy atom. The van der Waals surface area contributed by atoms with E-state index in [1.54, 1.807) is 0 Å². The zero-order valence-corrected chi connectivity index (χ0v) is 12.3. The van der Waals surface area contributed by atoms with Crippen LogP contribution in [-0.2, 0) is 12.8 Å². The first-order chi connectivity index (χ1) is 8.92. The van der Waals surface area contributed by atoms with Gasteiger partial charge in [-0.2, -0.15) is 0 Å². The third kappa shape index (κ3) is 2.47. The number of hydrogen-bond donors (Lipinski definition) is 0. The molecule has 1 atom stereocenters. The van der Waals surface area contributed by atoms with E-state index in [0.717, 1.165) is 24.2 Å². The van der Waals surface area contributed by atoms with Crippen molar-refractivity contribution in [2.75, 3.05) is 0 Å².